The van der Waals surface area contributed by atoms with Gasteiger partial charge in [0.15, 0.2) is 0 Å². The van der Waals surface area contributed by atoms with E-state index in [2.05, 4.69) is 62.8 Å². The lowest BCUT2D eigenvalue weighted by molar-refractivity contribution is 0.307. The van der Waals surface area contributed by atoms with Gasteiger partial charge in [0.1, 0.15) is 0 Å². The molecule has 0 bridgehead atoms. The molecule has 112 valence electrons. The van der Waals surface area contributed by atoms with E-state index in [4.69, 9.17) is 22.9 Å². The quantitative estimate of drug-likeness (QED) is 0.638. The lowest BCUT2D eigenvalue weighted by atomic mass is 9.79. The molecule has 19 heavy (non-hydrogen) atoms. The van der Waals surface area contributed by atoms with Crippen molar-refractivity contribution in [2.24, 2.45) is 0 Å². The number of rotatable bonds is 8. The Morgan fingerprint density at radius 1 is 0.737 bits per heavy atom. The van der Waals surface area contributed by atoms with Crippen molar-refractivity contribution in [3.8, 4) is 0 Å². The van der Waals surface area contributed by atoms with Crippen LogP contribution in [0.25, 0.3) is 0 Å². The summed E-state index contributed by atoms with van der Waals surface area (Å²) in [6, 6.07) is 0. The fourth-order valence-electron chi connectivity index (χ4n) is 2.14. The second kappa shape index (κ2) is 8.78. The molecule has 0 saturated carbocycles. The van der Waals surface area contributed by atoms with Crippen LogP contribution in [0.3, 0.4) is 0 Å². The Balaban J connectivity index is 5.21. The highest BCUT2D eigenvalue weighted by Gasteiger charge is 2.43. The van der Waals surface area contributed by atoms with Gasteiger partial charge < -0.3 is 14.3 Å². The topological polar surface area (TPSA) is 9.72 Å². The Labute approximate surface area is 130 Å². The second-order valence-corrected chi connectivity index (χ2v) is 6.42. The highest BCUT2D eigenvalue weighted by atomic mass is 35.5. The Bertz CT molecular complexity index is 226. The zero-order valence-electron chi connectivity index (χ0n) is 13.6. The number of hydrogen-bond acceptors (Lipinski definition) is 3. The van der Waals surface area contributed by atoms with E-state index < -0.39 is 0 Å². The van der Waals surface area contributed by atoms with Crippen molar-refractivity contribution in [2.75, 3.05) is 26.2 Å². The Hall–Kier alpha value is 0.590. The molecule has 0 heterocycles. The maximum absolute atomic E-state index is 6.69. The molecular weight excluding hydrogens is 279 g/mol. The van der Waals surface area contributed by atoms with Crippen molar-refractivity contribution in [1.82, 2.24) is 14.3 Å². The first-order chi connectivity index (χ1) is 8.74. The normalized spacial score (nSPS) is 12.6. The first-order valence-corrected chi connectivity index (χ1v) is 8.16. The Morgan fingerprint density at radius 3 is 1.16 bits per heavy atom. The molecule has 0 spiro atoms. The van der Waals surface area contributed by atoms with Gasteiger partial charge in [-0.1, -0.05) is 27.7 Å². The summed E-state index contributed by atoms with van der Waals surface area (Å²) in [5.74, 6) is 0. The first kappa shape index (κ1) is 19.6. The fourth-order valence-corrected chi connectivity index (χ4v) is 3.55. The van der Waals surface area contributed by atoms with Crippen LogP contribution in [-0.2, 0) is 0 Å². The van der Waals surface area contributed by atoms with E-state index in [0.717, 1.165) is 26.2 Å². The van der Waals surface area contributed by atoms with Gasteiger partial charge in [0.25, 0.3) is 0 Å². The predicted molar refractivity (Wildman–Crippen MR) is 90.6 cm³/mol. The highest BCUT2D eigenvalue weighted by Crippen LogP contribution is 2.24. The van der Waals surface area contributed by atoms with Crippen LogP contribution in [0.1, 0.15) is 48.5 Å². The first-order valence-electron chi connectivity index (χ1n) is 7.29. The maximum Gasteiger partial charge on any atom is 0.410 e. The Morgan fingerprint density at radius 2 is 1.00 bits per heavy atom. The number of nitrogens with zero attached hydrogens (tertiary/aromatic N) is 3. The zero-order valence-corrected chi connectivity index (χ0v) is 15.1. The van der Waals surface area contributed by atoms with Crippen molar-refractivity contribution >= 4 is 35.7 Å². The summed E-state index contributed by atoms with van der Waals surface area (Å²) in [4.78, 5) is 4.43. The predicted octanol–water partition coefficient (Wildman–Crippen LogP) is 3.22. The van der Waals surface area contributed by atoms with Gasteiger partial charge >= 0.3 is 12.8 Å². The summed E-state index contributed by atoms with van der Waals surface area (Å²) in [7, 11) is 0. The van der Waals surface area contributed by atoms with Crippen molar-refractivity contribution < 1.29 is 0 Å². The SMILES string of the molecule is CCN(CC)B(Cl)N(B(Cl)N(CC)CC)C(C)(C)C. The molecule has 3 nitrogen and oxygen atoms in total. The third-order valence-electron chi connectivity index (χ3n) is 3.46. The monoisotopic (exact) mass is 307 g/mol. The minimum absolute atomic E-state index is 0.0932. The molecule has 0 radical (unpaired) electrons. The molecule has 7 heteroatoms. The van der Waals surface area contributed by atoms with E-state index in [1.54, 1.807) is 0 Å². The molecule has 0 aromatic carbocycles. The summed E-state index contributed by atoms with van der Waals surface area (Å²) in [6.45, 7) is 18.6. The van der Waals surface area contributed by atoms with E-state index in [-0.39, 0.29) is 18.3 Å². The van der Waals surface area contributed by atoms with E-state index in [1.807, 2.05) is 0 Å². The Kier molecular flexibility index (Phi) is 9.06. The standard InChI is InChI=1S/C12H29B2Cl2N3/c1-8-17(9-2)13(15)19(12(5,6)7)14(16)18(10-3)11-4/h8-11H2,1-7H3. The molecule has 0 atom stereocenters. The van der Waals surface area contributed by atoms with Gasteiger partial charge in [-0.2, -0.15) is 0 Å². The molecule has 0 aliphatic rings. The number of hydrogen-bond donors (Lipinski definition) is 0. The van der Waals surface area contributed by atoms with Gasteiger partial charge in [-0.05, 0) is 52.5 Å². The minimum atomic E-state index is -0.196. The van der Waals surface area contributed by atoms with Gasteiger partial charge in [0.2, 0.25) is 0 Å². The summed E-state index contributed by atoms with van der Waals surface area (Å²) in [5, 5.41) is 0. The molecule has 0 amide bonds. The minimum Gasteiger partial charge on any atom is -0.323 e. The molecule has 0 saturated heterocycles. The van der Waals surface area contributed by atoms with E-state index in [9.17, 15) is 0 Å². The van der Waals surface area contributed by atoms with Gasteiger partial charge in [-0.3, -0.25) is 0 Å². The van der Waals surface area contributed by atoms with Crippen LogP contribution in [-0.4, -0.2) is 58.9 Å². The molecule has 0 aliphatic carbocycles. The van der Waals surface area contributed by atoms with Crippen molar-refractivity contribution in [2.45, 2.75) is 54.0 Å². The summed E-state index contributed by atoms with van der Waals surface area (Å²) >= 11 is 13.4. The summed E-state index contributed by atoms with van der Waals surface area (Å²) in [6.07, 6.45) is -0.392. The van der Waals surface area contributed by atoms with Crippen molar-refractivity contribution in [3.05, 3.63) is 0 Å². The van der Waals surface area contributed by atoms with Crippen LogP contribution >= 0.6 is 22.9 Å². The van der Waals surface area contributed by atoms with Crippen LogP contribution in [0.4, 0.5) is 0 Å². The molecule has 0 aromatic heterocycles. The van der Waals surface area contributed by atoms with Crippen molar-refractivity contribution in [3.63, 3.8) is 0 Å². The average Bonchev–Trinajstić information content (AvgIpc) is 2.30. The number of halogens is 2. The lowest BCUT2D eigenvalue weighted by Gasteiger charge is -2.45. The van der Waals surface area contributed by atoms with E-state index in [1.165, 1.54) is 0 Å². The molecular formula is C12H29B2Cl2N3. The van der Waals surface area contributed by atoms with E-state index >= 15 is 0 Å². The molecule has 0 aromatic rings. The highest BCUT2D eigenvalue weighted by molar-refractivity contribution is 7.14. The average molecular weight is 308 g/mol. The molecule has 0 unspecified atom stereocenters. The lowest BCUT2D eigenvalue weighted by Crippen LogP contribution is -2.65. The third-order valence-corrected chi connectivity index (χ3v) is 4.43. The second-order valence-electron chi connectivity index (χ2n) is 5.64. The summed E-state index contributed by atoms with van der Waals surface area (Å²) < 4.78 is 2.18. The molecule has 0 fully saturated rings. The van der Waals surface area contributed by atoms with E-state index in [0.29, 0.717) is 0 Å². The summed E-state index contributed by atoms with van der Waals surface area (Å²) in [5.41, 5.74) is -0.0932. The van der Waals surface area contributed by atoms with Crippen LogP contribution in [0.5, 0.6) is 0 Å². The molecule has 0 N–H and O–H groups in total. The maximum atomic E-state index is 6.69. The molecule has 0 rings (SSSR count). The van der Waals surface area contributed by atoms with Gasteiger partial charge in [-0.15, -0.1) is 22.9 Å². The van der Waals surface area contributed by atoms with Crippen LogP contribution in [0.15, 0.2) is 0 Å². The van der Waals surface area contributed by atoms with Crippen LogP contribution < -0.4 is 0 Å². The van der Waals surface area contributed by atoms with Gasteiger partial charge in [0.05, 0.1) is 0 Å². The zero-order chi connectivity index (χ0) is 15.2. The van der Waals surface area contributed by atoms with Gasteiger partial charge in [-0.25, -0.2) is 0 Å². The smallest absolute Gasteiger partial charge is 0.323 e. The van der Waals surface area contributed by atoms with Gasteiger partial charge in [0, 0.05) is 0 Å². The largest absolute Gasteiger partial charge is 0.410 e. The van der Waals surface area contributed by atoms with Crippen molar-refractivity contribution in [1.29, 1.82) is 0 Å². The van der Waals surface area contributed by atoms with Crippen LogP contribution in [0.2, 0.25) is 0 Å². The fraction of sp³-hybridized carbons (Fsp3) is 1.00. The molecule has 0 aliphatic heterocycles. The third kappa shape index (κ3) is 5.47. The van der Waals surface area contributed by atoms with Crippen LogP contribution in [0, 0.1) is 0 Å².